The molecular formula is C24H30N2O2. The van der Waals surface area contributed by atoms with Crippen molar-refractivity contribution in [1.82, 2.24) is 4.90 Å². The summed E-state index contributed by atoms with van der Waals surface area (Å²) in [5.74, 6) is 2.12. The van der Waals surface area contributed by atoms with Crippen LogP contribution >= 0.6 is 0 Å². The molecule has 0 N–H and O–H groups in total. The van der Waals surface area contributed by atoms with Crippen molar-refractivity contribution in [2.45, 2.75) is 33.4 Å². The maximum Gasteiger partial charge on any atom is 0.228 e. The van der Waals surface area contributed by atoms with E-state index < -0.39 is 0 Å². The Morgan fingerprint density at radius 2 is 1.68 bits per heavy atom. The number of hydrogen-bond acceptors (Lipinski definition) is 3. The normalized spacial score (nSPS) is 27.0. The molecule has 3 saturated heterocycles. The summed E-state index contributed by atoms with van der Waals surface area (Å²) in [6, 6.07) is 19.0. The fourth-order valence-corrected chi connectivity index (χ4v) is 4.78. The monoisotopic (exact) mass is 378 g/mol. The van der Waals surface area contributed by atoms with Crippen molar-refractivity contribution >= 4 is 11.6 Å². The average Bonchev–Trinajstić information content (AvgIpc) is 2.90. The smallest absolute Gasteiger partial charge is 0.228 e. The molecular weight excluding hydrogens is 348 g/mol. The summed E-state index contributed by atoms with van der Waals surface area (Å²) >= 11 is 0. The minimum Gasteiger partial charge on any atom is -0.494 e. The number of fused-ring (bicyclic) bond motifs is 4. The molecule has 2 unspecified atom stereocenters. The molecule has 3 aliphatic rings. The number of piperidine rings is 1. The van der Waals surface area contributed by atoms with Gasteiger partial charge in [0, 0.05) is 31.4 Å². The molecule has 1 amide bonds. The molecule has 2 aromatic carbocycles. The molecule has 2 bridgehead atoms. The minimum absolute atomic E-state index is 0.0454. The first-order valence-corrected chi connectivity index (χ1v) is 10.4. The number of benzene rings is 2. The van der Waals surface area contributed by atoms with Crippen molar-refractivity contribution in [2.24, 2.45) is 17.8 Å². The van der Waals surface area contributed by atoms with Gasteiger partial charge >= 0.3 is 0 Å². The molecule has 0 aromatic heterocycles. The molecule has 4 heteroatoms. The van der Waals surface area contributed by atoms with Gasteiger partial charge in [0.1, 0.15) is 5.75 Å². The molecule has 3 fully saturated rings. The second-order valence-electron chi connectivity index (χ2n) is 8.18. The van der Waals surface area contributed by atoms with Crippen LogP contribution in [-0.4, -0.2) is 36.5 Å². The Kier molecular flexibility index (Phi) is 5.29. The van der Waals surface area contributed by atoms with E-state index in [1.807, 2.05) is 37.3 Å². The summed E-state index contributed by atoms with van der Waals surface area (Å²) in [5.41, 5.74) is 2.39. The maximum atomic E-state index is 13.4. The lowest BCUT2D eigenvalue weighted by Crippen LogP contribution is -2.52. The van der Waals surface area contributed by atoms with E-state index in [0.29, 0.717) is 36.9 Å². The van der Waals surface area contributed by atoms with Crippen LogP contribution in [0.1, 0.15) is 26.3 Å². The SMILES string of the molecule is CCOc1ccc(N2C[C@H]3C(=O)N(Cc4ccccc4)CC2[C@@H](C)C3C)cc1. The third-order valence-electron chi connectivity index (χ3n) is 6.60. The highest BCUT2D eigenvalue weighted by molar-refractivity contribution is 5.81. The fraction of sp³-hybridized carbons (Fsp3) is 0.458. The standard InChI is InChI=1S/C24H30N2O2/c1-4-28-21-12-10-20(11-13-21)26-15-22-17(2)18(3)23(26)16-25(24(22)27)14-19-8-6-5-7-9-19/h5-13,17-18,22-23H,4,14-16H2,1-3H3/t17?,18-,22+,23?/m0/s1. The van der Waals surface area contributed by atoms with E-state index in [0.717, 1.165) is 18.8 Å². The summed E-state index contributed by atoms with van der Waals surface area (Å²) in [6.45, 7) is 9.51. The quantitative estimate of drug-likeness (QED) is 0.782. The van der Waals surface area contributed by atoms with E-state index in [1.54, 1.807) is 0 Å². The van der Waals surface area contributed by atoms with E-state index >= 15 is 0 Å². The molecule has 4 nitrogen and oxygen atoms in total. The number of carbonyl (C=O) groups excluding carboxylic acids is 1. The highest BCUT2D eigenvalue weighted by Gasteiger charge is 2.47. The predicted octanol–water partition coefficient (Wildman–Crippen LogP) is 4.20. The number of hydrogen-bond donors (Lipinski definition) is 0. The van der Waals surface area contributed by atoms with Crippen LogP contribution in [0.2, 0.25) is 0 Å². The number of amides is 1. The van der Waals surface area contributed by atoms with Gasteiger partial charge in [-0.3, -0.25) is 4.79 Å². The molecule has 148 valence electrons. The first kappa shape index (κ1) is 18.9. The Morgan fingerprint density at radius 1 is 0.964 bits per heavy atom. The number of carbonyl (C=O) groups is 1. The molecule has 0 radical (unpaired) electrons. The molecule has 0 aliphatic carbocycles. The van der Waals surface area contributed by atoms with E-state index in [4.69, 9.17) is 4.74 Å². The predicted molar refractivity (Wildman–Crippen MR) is 112 cm³/mol. The van der Waals surface area contributed by atoms with Gasteiger partial charge in [-0.15, -0.1) is 0 Å². The third-order valence-corrected chi connectivity index (χ3v) is 6.60. The highest BCUT2D eigenvalue weighted by atomic mass is 16.5. The van der Waals surface area contributed by atoms with Crippen LogP contribution in [0.4, 0.5) is 5.69 Å². The van der Waals surface area contributed by atoms with Gasteiger partial charge in [-0.1, -0.05) is 44.2 Å². The highest BCUT2D eigenvalue weighted by Crippen LogP contribution is 2.40. The van der Waals surface area contributed by atoms with E-state index in [9.17, 15) is 4.79 Å². The molecule has 28 heavy (non-hydrogen) atoms. The lowest BCUT2D eigenvalue weighted by atomic mass is 9.76. The average molecular weight is 379 g/mol. The molecule has 2 aromatic rings. The second-order valence-corrected chi connectivity index (χ2v) is 8.18. The van der Waals surface area contributed by atoms with Gasteiger partial charge in [0.25, 0.3) is 0 Å². The molecule has 0 spiro atoms. The third kappa shape index (κ3) is 3.48. The largest absolute Gasteiger partial charge is 0.494 e. The molecule has 5 rings (SSSR count). The van der Waals surface area contributed by atoms with Gasteiger partial charge in [0.2, 0.25) is 5.91 Å². The topological polar surface area (TPSA) is 32.8 Å². The lowest BCUT2D eigenvalue weighted by Gasteiger charge is -2.45. The fourth-order valence-electron chi connectivity index (χ4n) is 4.78. The van der Waals surface area contributed by atoms with Crippen LogP contribution in [0.5, 0.6) is 5.75 Å². The minimum atomic E-state index is 0.0454. The Bertz CT molecular complexity index is 805. The Balaban J connectivity index is 1.61. The summed E-state index contributed by atoms with van der Waals surface area (Å²) in [5, 5.41) is 0. The van der Waals surface area contributed by atoms with Crippen LogP contribution in [0.3, 0.4) is 0 Å². The van der Waals surface area contributed by atoms with E-state index in [-0.39, 0.29) is 5.92 Å². The molecule has 3 aliphatic heterocycles. The summed E-state index contributed by atoms with van der Waals surface area (Å²) in [7, 11) is 0. The van der Waals surface area contributed by atoms with Crippen LogP contribution < -0.4 is 9.64 Å². The lowest BCUT2D eigenvalue weighted by molar-refractivity contribution is -0.136. The van der Waals surface area contributed by atoms with Crippen molar-refractivity contribution in [3.8, 4) is 5.75 Å². The van der Waals surface area contributed by atoms with Crippen molar-refractivity contribution in [2.75, 3.05) is 24.6 Å². The Morgan fingerprint density at radius 3 is 2.36 bits per heavy atom. The van der Waals surface area contributed by atoms with Crippen LogP contribution in [0.25, 0.3) is 0 Å². The number of nitrogens with zero attached hydrogens (tertiary/aromatic N) is 2. The Hall–Kier alpha value is -2.49. The maximum absolute atomic E-state index is 13.4. The van der Waals surface area contributed by atoms with Gasteiger partial charge in [-0.2, -0.15) is 0 Å². The van der Waals surface area contributed by atoms with Crippen molar-refractivity contribution in [1.29, 1.82) is 0 Å². The van der Waals surface area contributed by atoms with Gasteiger partial charge in [0.15, 0.2) is 0 Å². The van der Waals surface area contributed by atoms with E-state index in [2.05, 4.69) is 47.9 Å². The number of anilines is 1. The van der Waals surface area contributed by atoms with Gasteiger partial charge < -0.3 is 14.5 Å². The number of ether oxygens (including phenoxy) is 1. The molecule has 4 atom stereocenters. The zero-order chi connectivity index (χ0) is 19.7. The Labute approximate surface area is 168 Å². The number of rotatable bonds is 5. The summed E-state index contributed by atoms with van der Waals surface area (Å²) < 4.78 is 5.59. The first-order chi connectivity index (χ1) is 13.6. The molecule has 3 heterocycles. The van der Waals surface area contributed by atoms with Crippen molar-refractivity contribution < 1.29 is 9.53 Å². The van der Waals surface area contributed by atoms with Crippen LogP contribution in [-0.2, 0) is 11.3 Å². The first-order valence-electron chi connectivity index (χ1n) is 10.4. The molecule has 0 saturated carbocycles. The zero-order valence-corrected chi connectivity index (χ0v) is 17.0. The van der Waals surface area contributed by atoms with Gasteiger partial charge in [0.05, 0.1) is 12.5 Å². The zero-order valence-electron chi connectivity index (χ0n) is 17.0. The van der Waals surface area contributed by atoms with E-state index in [1.165, 1.54) is 11.3 Å². The van der Waals surface area contributed by atoms with Gasteiger partial charge in [-0.05, 0) is 48.6 Å². The van der Waals surface area contributed by atoms with Crippen LogP contribution in [0.15, 0.2) is 54.6 Å². The van der Waals surface area contributed by atoms with Crippen LogP contribution in [0, 0.1) is 17.8 Å². The van der Waals surface area contributed by atoms with Gasteiger partial charge in [-0.25, -0.2) is 0 Å². The summed E-state index contributed by atoms with van der Waals surface area (Å²) in [4.78, 5) is 17.9. The second kappa shape index (κ2) is 7.86. The van der Waals surface area contributed by atoms with Crippen molar-refractivity contribution in [3.63, 3.8) is 0 Å². The summed E-state index contributed by atoms with van der Waals surface area (Å²) in [6.07, 6.45) is 0. The van der Waals surface area contributed by atoms with Crippen molar-refractivity contribution in [3.05, 3.63) is 60.2 Å².